The first-order valence-electron chi connectivity index (χ1n) is 11.0. The summed E-state index contributed by atoms with van der Waals surface area (Å²) in [5.41, 5.74) is 1.15. The summed E-state index contributed by atoms with van der Waals surface area (Å²) in [6, 6.07) is 17.2. The van der Waals surface area contributed by atoms with E-state index in [4.69, 9.17) is 4.74 Å². The topological polar surface area (TPSA) is 49.9 Å². The summed E-state index contributed by atoms with van der Waals surface area (Å²) < 4.78 is 31.4. The number of ether oxygens (including phenoxy) is 1. The quantitative estimate of drug-likeness (QED) is 0.636. The Bertz CT molecular complexity index is 934. The number of sulfone groups is 1. The standard InChI is InChI=1S/C24H32N2O3S/c1-29-23-12-6-5-11-22(23)26-19-17-25(18-20-26)16-8-15-24(13-7-14-24)30(27,28)21-9-3-2-4-10-21/h2-6,9-12H,7-8,13-20H2,1H3. The molecule has 0 amide bonds. The summed E-state index contributed by atoms with van der Waals surface area (Å²) in [5.74, 6) is 0.920. The van der Waals surface area contributed by atoms with Gasteiger partial charge < -0.3 is 9.64 Å². The first kappa shape index (κ1) is 21.2. The van der Waals surface area contributed by atoms with Gasteiger partial charge in [-0.15, -0.1) is 0 Å². The lowest BCUT2D eigenvalue weighted by molar-refractivity contribution is 0.233. The number of hydrogen-bond acceptors (Lipinski definition) is 5. The summed E-state index contributed by atoms with van der Waals surface area (Å²) in [5, 5.41) is 0. The lowest BCUT2D eigenvalue weighted by Crippen LogP contribution is -2.48. The monoisotopic (exact) mass is 428 g/mol. The molecule has 2 aromatic rings. The van der Waals surface area contributed by atoms with Crippen LogP contribution >= 0.6 is 0 Å². The highest BCUT2D eigenvalue weighted by Gasteiger charge is 2.48. The molecule has 4 rings (SSSR count). The van der Waals surface area contributed by atoms with Gasteiger partial charge in [-0.05, 0) is 56.5 Å². The molecule has 1 aliphatic carbocycles. The molecule has 1 saturated carbocycles. The highest BCUT2D eigenvalue weighted by molar-refractivity contribution is 7.93. The molecule has 1 saturated heterocycles. The Labute approximate surface area is 180 Å². The van der Waals surface area contributed by atoms with Crippen LogP contribution in [-0.2, 0) is 9.84 Å². The molecular formula is C24H32N2O3S. The molecule has 6 heteroatoms. The van der Waals surface area contributed by atoms with Crippen molar-refractivity contribution in [1.82, 2.24) is 4.90 Å². The molecule has 162 valence electrons. The van der Waals surface area contributed by atoms with Gasteiger partial charge in [-0.25, -0.2) is 8.42 Å². The molecule has 0 radical (unpaired) electrons. The predicted octanol–water partition coefficient (Wildman–Crippen LogP) is 3.99. The van der Waals surface area contributed by atoms with Crippen LogP contribution in [0.25, 0.3) is 0 Å². The first-order chi connectivity index (χ1) is 14.6. The van der Waals surface area contributed by atoms with Crippen LogP contribution in [0.2, 0.25) is 0 Å². The number of anilines is 1. The van der Waals surface area contributed by atoms with Crippen LogP contribution in [0.1, 0.15) is 32.1 Å². The normalized spacial score (nSPS) is 19.3. The van der Waals surface area contributed by atoms with Crippen LogP contribution in [0.3, 0.4) is 0 Å². The number of nitrogens with zero attached hydrogens (tertiary/aromatic N) is 2. The number of benzene rings is 2. The van der Waals surface area contributed by atoms with Gasteiger partial charge in [0.1, 0.15) is 5.75 Å². The molecule has 0 unspecified atom stereocenters. The molecule has 5 nitrogen and oxygen atoms in total. The third-order valence-corrected chi connectivity index (χ3v) is 9.44. The minimum atomic E-state index is -3.26. The van der Waals surface area contributed by atoms with Gasteiger partial charge in [0.25, 0.3) is 0 Å². The molecule has 0 N–H and O–H groups in total. The van der Waals surface area contributed by atoms with E-state index in [-0.39, 0.29) is 0 Å². The van der Waals surface area contributed by atoms with E-state index in [1.54, 1.807) is 19.2 Å². The first-order valence-corrected chi connectivity index (χ1v) is 12.4. The molecule has 0 spiro atoms. The average molecular weight is 429 g/mol. The fourth-order valence-corrected chi connectivity index (χ4v) is 7.06. The van der Waals surface area contributed by atoms with Crippen molar-refractivity contribution < 1.29 is 13.2 Å². The molecule has 2 aliphatic rings. The Morgan fingerprint density at radius 1 is 0.933 bits per heavy atom. The van der Waals surface area contributed by atoms with Gasteiger partial charge in [0.05, 0.1) is 22.4 Å². The Morgan fingerprint density at radius 2 is 1.60 bits per heavy atom. The highest BCUT2D eigenvalue weighted by Crippen LogP contribution is 2.46. The summed E-state index contributed by atoms with van der Waals surface area (Å²) in [6.45, 7) is 4.89. The van der Waals surface area contributed by atoms with Gasteiger partial charge in [-0.3, -0.25) is 4.90 Å². The van der Waals surface area contributed by atoms with E-state index in [2.05, 4.69) is 21.9 Å². The zero-order valence-corrected chi connectivity index (χ0v) is 18.6. The fourth-order valence-electron chi connectivity index (χ4n) is 4.80. The molecule has 1 aliphatic heterocycles. The molecule has 2 fully saturated rings. The molecule has 0 aromatic heterocycles. The molecule has 30 heavy (non-hydrogen) atoms. The largest absolute Gasteiger partial charge is 0.495 e. The molecule has 0 atom stereocenters. The Hall–Kier alpha value is -2.05. The molecule has 1 heterocycles. The van der Waals surface area contributed by atoms with Crippen molar-refractivity contribution in [2.45, 2.75) is 41.7 Å². The number of rotatable bonds is 8. The van der Waals surface area contributed by atoms with E-state index in [0.29, 0.717) is 4.90 Å². The summed E-state index contributed by atoms with van der Waals surface area (Å²) in [6.07, 6.45) is 4.30. The van der Waals surface area contributed by atoms with Crippen molar-refractivity contribution in [2.24, 2.45) is 0 Å². The van der Waals surface area contributed by atoms with Crippen molar-refractivity contribution >= 4 is 15.5 Å². The van der Waals surface area contributed by atoms with Gasteiger partial charge in [-0.1, -0.05) is 36.8 Å². The number of hydrogen-bond donors (Lipinski definition) is 0. The smallest absolute Gasteiger partial charge is 0.184 e. The van der Waals surface area contributed by atoms with Gasteiger partial charge in [0.15, 0.2) is 9.84 Å². The van der Waals surface area contributed by atoms with Crippen molar-refractivity contribution in [3.05, 3.63) is 54.6 Å². The van der Waals surface area contributed by atoms with E-state index < -0.39 is 14.6 Å². The lowest BCUT2D eigenvalue weighted by atomic mass is 9.81. The molecule has 2 aromatic carbocycles. The summed E-state index contributed by atoms with van der Waals surface area (Å²) >= 11 is 0. The maximum absolute atomic E-state index is 13.2. The van der Waals surface area contributed by atoms with Crippen LogP contribution in [0, 0.1) is 0 Å². The minimum Gasteiger partial charge on any atom is -0.495 e. The van der Waals surface area contributed by atoms with E-state index in [0.717, 1.165) is 76.3 Å². The lowest BCUT2D eigenvalue weighted by Gasteiger charge is -2.42. The number of para-hydroxylation sites is 2. The predicted molar refractivity (Wildman–Crippen MR) is 121 cm³/mol. The average Bonchev–Trinajstić information content (AvgIpc) is 2.76. The maximum atomic E-state index is 13.2. The molecular weight excluding hydrogens is 396 g/mol. The fraction of sp³-hybridized carbons (Fsp3) is 0.500. The molecule has 0 bridgehead atoms. The maximum Gasteiger partial charge on any atom is 0.184 e. The van der Waals surface area contributed by atoms with Crippen molar-refractivity contribution in [3.8, 4) is 5.75 Å². The Balaban J connectivity index is 1.31. The second-order valence-corrected chi connectivity index (χ2v) is 10.8. The van der Waals surface area contributed by atoms with E-state index in [9.17, 15) is 8.42 Å². The van der Waals surface area contributed by atoms with Crippen LogP contribution in [0.5, 0.6) is 5.75 Å². The second kappa shape index (κ2) is 8.98. The van der Waals surface area contributed by atoms with Crippen molar-refractivity contribution in [2.75, 3.05) is 44.7 Å². The van der Waals surface area contributed by atoms with E-state index >= 15 is 0 Å². The zero-order chi connectivity index (χ0) is 21.0. The van der Waals surface area contributed by atoms with E-state index in [1.165, 1.54) is 0 Å². The number of piperazine rings is 1. The minimum absolute atomic E-state index is 0.482. The SMILES string of the molecule is COc1ccccc1N1CCN(CCCC2(S(=O)(=O)c3ccccc3)CCC2)CC1. The Morgan fingerprint density at radius 3 is 2.23 bits per heavy atom. The van der Waals surface area contributed by atoms with Crippen molar-refractivity contribution in [3.63, 3.8) is 0 Å². The van der Waals surface area contributed by atoms with Crippen LogP contribution in [-0.4, -0.2) is 57.9 Å². The number of methoxy groups -OCH3 is 1. The van der Waals surface area contributed by atoms with Crippen LogP contribution < -0.4 is 9.64 Å². The van der Waals surface area contributed by atoms with Crippen LogP contribution in [0.15, 0.2) is 59.5 Å². The third-order valence-electron chi connectivity index (χ3n) is 6.79. The Kier molecular flexibility index (Phi) is 6.34. The van der Waals surface area contributed by atoms with Gasteiger partial charge in [0, 0.05) is 26.2 Å². The zero-order valence-electron chi connectivity index (χ0n) is 17.8. The summed E-state index contributed by atoms with van der Waals surface area (Å²) in [4.78, 5) is 5.32. The second-order valence-electron chi connectivity index (χ2n) is 8.46. The van der Waals surface area contributed by atoms with Gasteiger partial charge >= 0.3 is 0 Å². The van der Waals surface area contributed by atoms with E-state index in [1.807, 2.05) is 30.3 Å². The highest BCUT2D eigenvalue weighted by atomic mass is 32.2. The van der Waals surface area contributed by atoms with Crippen molar-refractivity contribution in [1.29, 1.82) is 0 Å². The van der Waals surface area contributed by atoms with Gasteiger partial charge in [-0.2, -0.15) is 0 Å². The van der Waals surface area contributed by atoms with Gasteiger partial charge in [0.2, 0.25) is 0 Å². The van der Waals surface area contributed by atoms with Crippen LogP contribution in [0.4, 0.5) is 5.69 Å². The summed E-state index contributed by atoms with van der Waals surface area (Å²) in [7, 11) is -1.54. The third kappa shape index (κ3) is 4.08.